The highest BCUT2D eigenvalue weighted by atomic mass is 19.3. The summed E-state index contributed by atoms with van der Waals surface area (Å²) < 4.78 is 36.9. The van der Waals surface area contributed by atoms with Gasteiger partial charge < -0.3 is 20.5 Å². The van der Waals surface area contributed by atoms with Gasteiger partial charge in [0, 0.05) is 42.9 Å². The van der Waals surface area contributed by atoms with Crippen LogP contribution in [0.15, 0.2) is 77.0 Å². The molecule has 3 rings (SSSR count). The second-order valence-corrected chi connectivity index (χ2v) is 9.25. The van der Waals surface area contributed by atoms with Gasteiger partial charge in [0.25, 0.3) is 18.2 Å². The highest BCUT2D eigenvalue weighted by molar-refractivity contribution is 6.04. The molecule has 286 valence electrons. The lowest BCUT2D eigenvalue weighted by Crippen LogP contribution is -2.35. The third kappa shape index (κ3) is 21.2. The van der Waals surface area contributed by atoms with Crippen LogP contribution in [-0.4, -0.2) is 82.1 Å². The van der Waals surface area contributed by atoms with E-state index in [2.05, 4.69) is 37.3 Å². The van der Waals surface area contributed by atoms with Gasteiger partial charge in [0.15, 0.2) is 11.5 Å². The molecule has 1 unspecified atom stereocenters. The molecule has 1 atom stereocenters. The molecule has 1 aliphatic rings. The zero-order valence-corrected chi connectivity index (χ0v) is 31.6. The third-order valence-electron chi connectivity index (χ3n) is 5.84. The Hall–Kier alpha value is -4.72. The number of carbonyl (C=O) groups is 3. The fourth-order valence-corrected chi connectivity index (χ4v) is 3.72. The summed E-state index contributed by atoms with van der Waals surface area (Å²) in [4.78, 5) is 48.6. The predicted octanol–water partition coefficient (Wildman–Crippen LogP) is 7.69. The van der Waals surface area contributed by atoms with Crippen LogP contribution >= 0.6 is 0 Å². The van der Waals surface area contributed by atoms with Crippen molar-refractivity contribution in [3.05, 3.63) is 78.4 Å². The number of nitrogens with one attached hydrogen (secondary N) is 2. The number of amides is 2. The molecule has 11 nitrogen and oxygen atoms in total. The molecule has 0 saturated heterocycles. The molecule has 1 aliphatic heterocycles. The minimum atomic E-state index is -2.84. The molecule has 0 radical (unpaired) electrons. The van der Waals surface area contributed by atoms with E-state index in [0.717, 1.165) is 18.3 Å². The van der Waals surface area contributed by atoms with E-state index in [1.807, 2.05) is 73.6 Å². The molecule has 14 heteroatoms. The van der Waals surface area contributed by atoms with Crippen LogP contribution in [0.5, 0.6) is 0 Å². The minimum absolute atomic E-state index is 0.0336. The van der Waals surface area contributed by atoms with E-state index in [-0.39, 0.29) is 37.0 Å². The standard InChI is InChI=1S/C27H31F2N7O3.C3H6O.3C2H6.CH3F/c1-3-4-8-19(9-5-7-18(2)12-15-37)34-27(39)22-16-21(35-23-11-14-32-36(22)23)26(38)31-17-20-10-6-13-30-25(33-20)24(28)29;1-2-3-4;4*1-2/h4,6-8,11,13-16,19,24H,3,5,9-10,12,17H2,1-2H3,(H,31,38)(H,34,39);2,4H,1,3H2;3*1-2H3;1H3/b8-4+,18-7+;;;;;. The van der Waals surface area contributed by atoms with Gasteiger partial charge in [0.2, 0.25) is 0 Å². The lowest BCUT2D eigenvalue weighted by Gasteiger charge is -2.16. The number of amidine groups is 1. The average Bonchev–Trinajstić information content (AvgIpc) is 3.52. The maximum absolute atomic E-state index is 13.3. The second-order valence-electron chi connectivity index (χ2n) is 9.25. The summed E-state index contributed by atoms with van der Waals surface area (Å²) in [7, 11) is 0.500. The summed E-state index contributed by atoms with van der Waals surface area (Å²) in [6.07, 6.45) is 12.3. The van der Waals surface area contributed by atoms with Crippen molar-refractivity contribution in [2.24, 2.45) is 9.98 Å². The third-order valence-corrected chi connectivity index (χ3v) is 5.84. The summed E-state index contributed by atoms with van der Waals surface area (Å²) >= 11 is 0. The lowest BCUT2D eigenvalue weighted by atomic mass is 10.1. The monoisotopic (exact) mass is 721 g/mol. The summed E-state index contributed by atoms with van der Waals surface area (Å²) in [6.45, 7) is 19.1. The van der Waals surface area contributed by atoms with Crippen LogP contribution in [0, 0.1) is 0 Å². The number of fused-ring (bicyclic) bond motifs is 1. The number of allylic oxidation sites excluding steroid dienone is 4. The van der Waals surface area contributed by atoms with E-state index in [1.165, 1.54) is 29.1 Å². The molecule has 0 bridgehead atoms. The number of halogens is 3. The van der Waals surface area contributed by atoms with Gasteiger partial charge in [-0.2, -0.15) is 5.10 Å². The number of alkyl halides is 3. The summed E-state index contributed by atoms with van der Waals surface area (Å²) in [5, 5.41) is 17.5. The Balaban J connectivity index is -0.00000171. The van der Waals surface area contributed by atoms with Gasteiger partial charge in [-0.15, -0.1) is 6.58 Å². The summed E-state index contributed by atoms with van der Waals surface area (Å²) in [5.74, 6) is -1.67. The van der Waals surface area contributed by atoms with Gasteiger partial charge in [-0.05, 0) is 26.2 Å². The number of aliphatic imine (C=N–C) groups is 2. The average molecular weight is 722 g/mol. The number of rotatable bonds is 14. The molecule has 2 amide bonds. The van der Waals surface area contributed by atoms with Crippen molar-refractivity contribution in [2.45, 2.75) is 100.0 Å². The first-order valence-corrected chi connectivity index (χ1v) is 17.1. The number of aldehydes is 1. The Morgan fingerprint density at radius 1 is 1.12 bits per heavy atom. The Morgan fingerprint density at radius 2 is 1.76 bits per heavy atom. The lowest BCUT2D eigenvalue weighted by molar-refractivity contribution is -0.107. The van der Waals surface area contributed by atoms with Crippen molar-refractivity contribution < 1.29 is 32.7 Å². The van der Waals surface area contributed by atoms with Gasteiger partial charge in [-0.3, -0.25) is 14.0 Å². The van der Waals surface area contributed by atoms with E-state index in [4.69, 9.17) is 5.11 Å². The first-order chi connectivity index (χ1) is 24.7. The minimum Gasteiger partial charge on any atom is -0.392 e. The van der Waals surface area contributed by atoms with Crippen LogP contribution in [0.1, 0.15) is 108 Å². The van der Waals surface area contributed by atoms with E-state index >= 15 is 0 Å². The molecule has 51 heavy (non-hydrogen) atoms. The number of aliphatic hydroxyl groups is 1. The van der Waals surface area contributed by atoms with Gasteiger partial charge in [-0.25, -0.2) is 28.3 Å². The van der Waals surface area contributed by atoms with Gasteiger partial charge >= 0.3 is 0 Å². The van der Waals surface area contributed by atoms with Gasteiger partial charge in [-0.1, -0.05) is 84.4 Å². The molecule has 0 spiro atoms. The van der Waals surface area contributed by atoms with Crippen LogP contribution in [0.3, 0.4) is 0 Å². The summed E-state index contributed by atoms with van der Waals surface area (Å²) in [6, 6.07) is 2.61. The van der Waals surface area contributed by atoms with Crippen LogP contribution in [0.4, 0.5) is 13.2 Å². The smallest absolute Gasteiger partial charge is 0.297 e. The van der Waals surface area contributed by atoms with Crippen molar-refractivity contribution in [2.75, 3.05) is 20.3 Å². The van der Waals surface area contributed by atoms with Crippen molar-refractivity contribution in [3.63, 3.8) is 0 Å². The number of aliphatic hydroxyl groups excluding tert-OH is 1. The maximum atomic E-state index is 13.3. The number of aromatic nitrogens is 3. The Bertz CT molecular complexity index is 1420. The van der Waals surface area contributed by atoms with Crippen LogP contribution in [0.25, 0.3) is 5.65 Å². The SMILES string of the molecule is C=CCO.CC.CC.CC.CC/C=C/C(CC/C=C(\C)CC=O)NC(=O)c1cc(C(=O)NCC2=NC(C(F)F)=NC=CC2)nc2ccnn12.CF. The zero-order chi connectivity index (χ0) is 39.6. The highest BCUT2D eigenvalue weighted by Crippen LogP contribution is 2.11. The first kappa shape index (κ1) is 50.7. The van der Waals surface area contributed by atoms with E-state index in [0.29, 0.717) is 37.8 Å². The quantitative estimate of drug-likeness (QED) is 0.135. The van der Waals surface area contributed by atoms with Crippen molar-refractivity contribution in [1.82, 2.24) is 25.2 Å². The fourth-order valence-electron chi connectivity index (χ4n) is 3.72. The van der Waals surface area contributed by atoms with Crippen LogP contribution in [0.2, 0.25) is 0 Å². The number of hydrogen-bond acceptors (Lipinski definition) is 8. The second kappa shape index (κ2) is 33.8. The molecule has 3 N–H and O–H groups in total. The molecular formula is C37H58F3N7O4. The van der Waals surface area contributed by atoms with Crippen LogP contribution in [-0.2, 0) is 4.79 Å². The normalized spacial score (nSPS) is 12.2. The molecule has 2 aromatic rings. The first-order valence-electron chi connectivity index (χ1n) is 17.1. The largest absolute Gasteiger partial charge is 0.392 e. The van der Waals surface area contributed by atoms with E-state index < -0.39 is 24.1 Å². The maximum Gasteiger partial charge on any atom is 0.297 e. The fraction of sp³-hybridized carbons (Fsp3) is 0.486. The molecule has 0 aliphatic carbocycles. The van der Waals surface area contributed by atoms with Crippen molar-refractivity contribution in [3.8, 4) is 0 Å². The molecule has 3 heterocycles. The Labute approximate surface area is 301 Å². The van der Waals surface area contributed by atoms with Crippen molar-refractivity contribution >= 4 is 35.3 Å². The Morgan fingerprint density at radius 3 is 2.33 bits per heavy atom. The Kier molecular flexibility index (Phi) is 33.5. The molecule has 0 fully saturated rings. The molecular weight excluding hydrogens is 663 g/mol. The van der Waals surface area contributed by atoms with Gasteiger partial charge in [0.1, 0.15) is 17.7 Å². The number of carbonyl (C=O) groups excluding carboxylic acids is 3. The van der Waals surface area contributed by atoms with Gasteiger partial charge in [0.05, 0.1) is 26.5 Å². The predicted molar refractivity (Wildman–Crippen MR) is 203 cm³/mol. The van der Waals surface area contributed by atoms with E-state index in [9.17, 15) is 27.6 Å². The molecule has 2 aromatic heterocycles. The number of hydrogen-bond donors (Lipinski definition) is 3. The van der Waals surface area contributed by atoms with E-state index in [1.54, 1.807) is 12.1 Å². The van der Waals surface area contributed by atoms with Crippen LogP contribution < -0.4 is 10.6 Å². The number of nitrogens with zero attached hydrogens (tertiary/aromatic N) is 5. The topological polar surface area (TPSA) is 150 Å². The molecule has 0 saturated carbocycles. The highest BCUT2D eigenvalue weighted by Gasteiger charge is 2.20. The zero-order valence-electron chi connectivity index (χ0n) is 31.6. The van der Waals surface area contributed by atoms with Crippen molar-refractivity contribution in [1.29, 1.82) is 0 Å². The summed E-state index contributed by atoms with van der Waals surface area (Å²) in [5.41, 5.74) is 1.64. The molecule has 0 aromatic carbocycles.